The molecule has 3 aromatic rings. The zero-order valence-electron chi connectivity index (χ0n) is 16.7. The fraction of sp³-hybridized carbons (Fsp3) is 0.435. The molecule has 3 aliphatic rings. The summed E-state index contributed by atoms with van der Waals surface area (Å²) in [6.45, 7) is 3.21. The van der Waals surface area contributed by atoms with Crippen molar-refractivity contribution in [3.8, 4) is 11.3 Å². The van der Waals surface area contributed by atoms with E-state index >= 15 is 0 Å². The topological polar surface area (TPSA) is 51.0 Å². The van der Waals surface area contributed by atoms with E-state index in [4.69, 9.17) is 5.10 Å². The Morgan fingerprint density at radius 3 is 2.70 bits per heavy atom. The second kappa shape index (κ2) is 5.65. The van der Waals surface area contributed by atoms with Gasteiger partial charge in [-0.25, -0.2) is 8.78 Å². The van der Waals surface area contributed by atoms with E-state index in [0.717, 1.165) is 47.2 Å². The first-order chi connectivity index (χ1) is 14.3. The molecule has 6 rings (SSSR count). The van der Waals surface area contributed by atoms with Crippen LogP contribution in [0, 0.1) is 5.41 Å². The maximum Gasteiger partial charge on any atom is 0.263 e. The molecule has 2 aliphatic heterocycles. The van der Waals surface area contributed by atoms with Crippen molar-refractivity contribution in [2.24, 2.45) is 5.41 Å². The zero-order chi connectivity index (χ0) is 20.7. The van der Waals surface area contributed by atoms with Gasteiger partial charge in [0.25, 0.3) is 5.92 Å². The number of hydrogen-bond acceptors (Lipinski definition) is 3. The number of carbonyl (C=O) groups is 1. The number of rotatable bonds is 2. The number of pyridine rings is 1. The Hall–Kier alpha value is -2.83. The molecule has 2 fully saturated rings. The van der Waals surface area contributed by atoms with Crippen LogP contribution in [0.1, 0.15) is 31.9 Å². The lowest BCUT2D eigenvalue weighted by atomic mass is 9.82. The number of likely N-dealkylation sites (tertiary alicyclic amines) is 1. The van der Waals surface area contributed by atoms with Gasteiger partial charge in [-0.05, 0) is 38.0 Å². The predicted molar refractivity (Wildman–Crippen MR) is 108 cm³/mol. The van der Waals surface area contributed by atoms with Gasteiger partial charge in [-0.2, -0.15) is 5.10 Å². The number of fused-ring (bicyclic) bond motifs is 3. The first-order valence-corrected chi connectivity index (χ1v) is 10.4. The molecule has 1 aromatic carbocycles. The number of aromatic nitrogens is 3. The van der Waals surface area contributed by atoms with Gasteiger partial charge in [0.1, 0.15) is 5.41 Å². The number of aryl methyl sites for hydroxylation is 1. The molecule has 1 saturated heterocycles. The third-order valence-corrected chi connectivity index (χ3v) is 7.38. The van der Waals surface area contributed by atoms with E-state index < -0.39 is 17.2 Å². The van der Waals surface area contributed by atoms with E-state index in [9.17, 15) is 13.6 Å². The van der Waals surface area contributed by atoms with Gasteiger partial charge in [-0.1, -0.05) is 18.2 Å². The Labute approximate surface area is 172 Å². The number of hydrogen-bond donors (Lipinski definition) is 0. The molecular formula is C23H22F2N4O. The van der Waals surface area contributed by atoms with E-state index in [1.165, 1.54) is 6.92 Å². The summed E-state index contributed by atoms with van der Waals surface area (Å²) in [6, 6.07) is 12.2. The molecule has 1 saturated carbocycles. The van der Waals surface area contributed by atoms with Crippen LogP contribution in [0.3, 0.4) is 0 Å². The van der Waals surface area contributed by atoms with Crippen molar-refractivity contribution >= 4 is 16.8 Å². The Morgan fingerprint density at radius 1 is 1.13 bits per heavy atom. The summed E-state index contributed by atoms with van der Waals surface area (Å²) in [6.07, 6.45) is 3.19. The number of halogens is 2. The number of carbonyl (C=O) groups excluding carboxylic acids is 1. The van der Waals surface area contributed by atoms with Gasteiger partial charge < -0.3 is 4.90 Å². The van der Waals surface area contributed by atoms with Crippen LogP contribution in [0.5, 0.6) is 0 Å². The Bertz CT molecular complexity index is 1200. The molecule has 30 heavy (non-hydrogen) atoms. The van der Waals surface area contributed by atoms with Crippen molar-refractivity contribution in [1.29, 1.82) is 0 Å². The van der Waals surface area contributed by atoms with Crippen LogP contribution in [0.2, 0.25) is 0 Å². The minimum Gasteiger partial charge on any atom is -0.341 e. The highest BCUT2D eigenvalue weighted by Crippen LogP contribution is 2.61. The van der Waals surface area contributed by atoms with Gasteiger partial charge in [0, 0.05) is 54.3 Å². The molecule has 7 heteroatoms. The Kier molecular flexibility index (Phi) is 3.39. The quantitative estimate of drug-likeness (QED) is 0.644. The van der Waals surface area contributed by atoms with Crippen LogP contribution < -0.4 is 0 Å². The normalized spacial score (nSPS) is 29.0. The molecule has 2 atom stereocenters. The maximum atomic E-state index is 13.7. The standard InChI is InChI=1S/C23H22F2N4O/c1-21(13-23(21,24)25)20(30)28-8-6-22(14-28)7-9-29-19(22)11-18(27-29)16-10-15-4-2-3-5-17(15)26-12-16/h2-5,10-12H,6-9,13-14H2,1H3. The summed E-state index contributed by atoms with van der Waals surface area (Å²) < 4.78 is 29.5. The summed E-state index contributed by atoms with van der Waals surface area (Å²) in [5, 5.41) is 5.86. The second-order valence-electron chi connectivity index (χ2n) is 9.28. The second-order valence-corrected chi connectivity index (χ2v) is 9.28. The monoisotopic (exact) mass is 408 g/mol. The molecule has 0 radical (unpaired) electrons. The summed E-state index contributed by atoms with van der Waals surface area (Å²) >= 11 is 0. The largest absolute Gasteiger partial charge is 0.341 e. The minimum atomic E-state index is -2.87. The highest BCUT2D eigenvalue weighted by Gasteiger charge is 2.73. The first-order valence-electron chi connectivity index (χ1n) is 10.4. The van der Waals surface area contributed by atoms with E-state index in [0.29, 0.717) is 13.1 Å². The van der Waals surface area contributed by atoms with Crippen molar-refractivity contribution in [3.63, 3.8) is 0 Å². The predicted octanol–water partition coefficient (Wildman–Crippen LogP) is 4.02. The van der Waals surface area contributed by atoms with Crippen molar-refractivity contribution in [2.75, 3.05) is 13.1 Å². The third kappa shape index (κ3) is 2.35. The number of benzene rings is 1. The van der Waals surface area contributed by atoms with Gasteiger partial charge in [0.15, 0.2) is 0 Å². The van der Waals surface area contributed by atoms with Crippen LogP contribution >= 0.6 is 0 Å². The van der Waals surface area contributed by atoms with Gasteiger partial charge in [0.2, 0.25) is 5.91 Å². The van der Waals surface area contributed by atoms with Crippen molar-refractivity contribution in [3.05, 3.63) is 48.3 Å². The summed E-state index contributed by atoms with van der Waals surface area (Å²) in [5.41, 5.74) is 2.17. The number of amides is 1. The molecule has 1 spiro atoms. The van der Waals surface area contributed by atoms with Crippen LogP contribution in [0.25, 0.3) is 22.2 Å². The summed E-state index contributed by atoms with van der Waals surface area (Å²) in [7, 11) is 0. The molecule has 154 valence electrons. The third-order valence-electron chi connectivity index (χ3n) is 7.38. The summed E-state index contributed by atoms with van der Waals surface area (Å²) in [5.74, 6) is -3.27. The fourth-order valence-corrected chi connectivity index (χ4v) is 5.25. The number of alkyl halides is 2. The van der Waals surface area contributed by atoms with E-state index in [1.54, 1.807) is 4.90 Å². The van der Waals surface area contributed by atoms with Gasteiger partial charge in [-0.15, -0.1) is 0 Å². The average molecular weight is 408 g/mol. The molecular weight excluding hydrogens is 386 g/mol. The highest BCUT2D eigenvalue weighted by molar-refractivity contribution is 5.87. The van der Waals surface area contributed by atoms with Crippen LogP contribution in [-0.4, -0.2) is 44.6 Å². The van der Waals surface area contributed by atoms with Gasteiger partial charge >= 0.3 is 0 Å². The number of para-hydroxylation sites is 1. The van der Waals surface area contributed by atoms with E-state index in [1.807, 2.05) is 35.1 Å². The lowest BCUT2D eigenvalue weighted by molar-refractivity contribution is -0.139. The van der Waals surface area contributed by atoms with E-state index in [2.05, 4.69) is 17.1 Å². The van der Waals surface area contributed by atoms with Gasteiger partial charge in [-0.3, -0.25) is 14.5 Å². The lowest BCUT2D eigenvalue weighted by Crippen LogP contribution is -2.39. The van der Waals surface area contributed by atoms with E-state index in [-0.39, 0.29) is 11.8 Å². The molecule has 0 bridgehead atoms. The van der Waals surface area contributed by atoms with Crippen molar-refractivity contribution in [1.82, 2.24) is 19.7 Å². The van der Waals surface area contributed by atoms with Crippen LogP contribution in [0.4, 0.5) is 8.78 Å². The zero-order valence-corrected chi connectivity index (χ0v) is 16.7. The summed E-state index contributed by atoms with van der Waals surface area (Å²) in [4.78, 5) is 19.0. The Morgan fingerprint density at radius 2 is 1.90 bits per heavy atom. The number of nitrogens with zero attached hydrogens (tertiary/aromatic N) is 4. The molecule has 1 amide bonds. The molecule has 2 unspecified atom stereocenters. The first kappa shape index (κ1) is 18.0. The molecule has 4 heterocycles. The van der Waals surface area contributed by atoms with Crippen LogP contribution in [-0.2, 0) is 16.8 Å². The maximum absolute atomic E-state index is 13.7. The average Bonchev–Trinajstić information content (AvgIpc) is 3.22. The molecule has 0 N–H and O–H groups in total. The lowest BCUT2D eigenvalue weighted by Gasteiger charge is -2.25. The minimum absolute atomic E-state index is 0.189. The highest BCUT2D eigenvalue weighted by atomic mass is 19.3. The van der Waals surface area contributed by atoms with Crippen molar-refractivity contribution in [2.45, 2.75) is 44.1 Å². The molecule has 1 aliphatic carbocycles. The van der Waals surface area contributed by atoms with Crippen molar-refractivity contribution < 1.29 is 13.6 Å². The van der Waals surface area contributed by atoms with Gasteiger partial charge in [0.05, 0.1) is 11.2 Å². The molecule has 2 aromatic heterocycles. The van der Waals surface area contributed by atoms with Crippen LogP contribution in [0.15, 0.2) is 42.6 Å². The fourth-order valence-electron chi connectivity index (χ4n) is 5.25. The molecule has 5 nitrogen and oxygen atoms in total. The Balaban J connectivity index is 1.30. The SMILES string of the molecule is CC1(C(=O)N2CCC3(CCn4nc(-c5cnc6ccccc6c5)cc43)C2)CC1(F)F. The smallest absolute Gasteiger partial charge is 0.263 e.